The third-order valence-electron chi connectivity index (χ3n) is 5.86. The Kier molecular flexibility index (Phi) is 8.41. The minimum absolute atomic E-state index is 0.0546. The molecule has 0 spiro atoms. The van der Waals surface area contributed by atoms with Crippen molar-refractivity contribution in [1.82, 2.24) is 0 Å². The number of carbonyl (C=O) groups excluding carboxylic acids is 2. The molecule has 4 rings (SSSR count). The first-order valence-electron chi connectivity index (χ1n) is 11.9. The number of methoxy groups -OCH3 is 1. The summed E-state index contributed by atoms with van der Waals surface area (Å²) in [4.78, 5) is 27.7. The van der Waals surface area contributed by atoms with E-state index in [1.54, 1.807) is 38.3 Å². The molecule has 5 heteroatoms. The first-order chi connectivity index (χ1) is 18.1. The van der Waals surface area contributed by atoms with Crippen LogP contribution in [-0.2, 0) is 14.3 Å². The minimum Gasteiger partial charge on any atom is -0.497 e. The lowest BCUT2D eigenvalue weighted by Crippen LogP contribution is -2.38. The summed E-state index contributed by atoms with van der Waals surface area (Å²) in [6.45, 7) is -1.10. The minimum atomic E-state index is -2.97. The molecule has 184 valence electrons. The van der Waals surface area contributed by atoms with E-state index in [0.717, 1.165) is 15.9 Å². The molecule has 0 radical (unpaired) electrons. The largest absolute Gasteiger partial charge is 0.497 e. The van der Waals surface area contributed by atoms with Gasteiger partial charge in [-0.1, -0.05) is 96.9 Å². The van der Waals surface area contributed by atoms with Crippen molar-refractivity contribution in [3.8, 4) is 17.6 Å². The second-order valence-corrected chi connectivity index (χ2v) is 11.4. The van der Waals surface area contributed by atoms with Gasteiger partial charge in [-0.2, -0.15) is 0 Å². The number of rotatable bonds is 7. The van der Waals surface area contributed by atoms with Crippen molar-refractivity contribution >= 4 is 39.8 Å². The van der Waals surface area contributed by atoms with E-state index < -0.39 is 18.6 Å². The van der Waals surface area contributed by atoms with Crippen molar-refractivity contribution in [2.45, 2.75) is 6.92 Å². The number of esters is 1. The molecule has 0 aliphatic carbocycles. The van der Waals surface area contributed by atoms with E-state index in [9.17, 15) is 9.59 Å². The van der Waals surface area contributed by atoms with E-state index in [2.05, 4.69) is 11.8 Å². The summed E-state index contributed by atoms with van der Waals surface area (Å²) in [5.74, 6) is 5.17. The van der Waals surface area contributed by atoms with Crippen LogP contribution in [0.2, 0.25) is 0 Å². The van der Waals surface area contributed by atoms with Crippen molar-refractivity contribution in [3.63, 3.8) is 0 Å². The molecule has 4 nitrogen and oxygen atoms in total. The summed E-state index contributed by atoms with van der Waals surface area (Å²) >= 11 is 0. The lowest BCUT2D eigenvalue weighted by molar-refractivity contribution is -0.135. The summed E-state index contributed by atoms with van der Waals surface area (Å²) in [6.07, 6.45) is 0. The molecule has 0 heterocycles. The SMILES string of the molecule is CCOC(=O)C(C(=O)C#Cc1ccc(OC)cc1)=P(c1ccccc1)(c1ccccc1)c1ccccc1. The highest BCUT2D eigenvalue weighted by Crippen LogP contribution is 2.46. The van der Waals surface area contributed by atoms with Gasteiger partial charge in [0.05, 0.1) is 13.7 Å². The third-order valence-corrected chi connectivity index (χ3v) is 10.1. The molecule has 0 saturated heterocycles. The van der Waals surface area contributed by atoms with E-state index in [4.69, 9.17) is 9.47 Å². The van der Waals surface area contributed by atoms with Crippen LogP contribution in [0.1, 0.15) is 12.5 Å². The predicted molar refractivity (Wildman–Crippen MR) is 152 cm³/mol. The summed E-state index contributed by atoms with van der Waals surface area (Å²) in [7, 11) is 1.59. The van der Waals surface area contributed by atoms with Gasteiger partial charge in [-0.3, -0.25) is 4.79 Å². The monoisotopic (exact) mass is 506 g/mol. The van der Waals surface area contributed by atoms with E-state index in [0.29, 0.717) is 11.3 Å². The van der Waals surface area contributed by atoms with Gasteiger partial charge in [0.2, 0.25) is 5.78 Å². The van der Waals surface area contributed by atoms with Gasteiger partial charge < -0.3 is 9.47 Å². The standard InChI is InChI=1S/C32H27O4P/c1-3-36-32(34)31(30(33)24-21-25-19-22-26(35-2)23-20-25)37(27-13-7-4-8-14-27,28-15-9-5-10-16-28)29-17-11-6-12-18-29/h4-20,22-23H,3H2,1-2H3. The zero-order valence-electron chi connectivity index (χ0n) is 20.8. The van der Waals surface area contributed by atoms with Crippen LogP contribution in [0.4, 0.5) is 0 Å². The van der Waals surface area contributed by atoms with E-state index in [1.165, 1.54) is 0 Å². The van der Waals surface area contributed by atoms with Gasteiger partial charge in [0.25, 0.3) is 0 Å². The highest BCUT2D eigenvalue weighted by atomic mass is 31.2. The number of carbonyl (C=O) groups is 2. The molecule has 4 aromatic rings. The summed E-state index contributed by atoms with van der Waals surface area (Å²) in [5.41, 5.74) is 0.639. The van der Waals surface area contributed by atoms with Crippen molar-refractivity contribution < 1.29 is 19.1 Å². The van der Waals surface area contributed by atoms with Gasteiger partial charge in [-0.05, 0) is 59.9 Å². The van der Waals surface area contributed by atoms with Crippen molar-refractivity contribution in [3.05, 3.63) is 121 Å². The lowest BCUT2D eigenvalue weighted by Gasteiger charge is -2.30. The zero-order chi connectivity index (χ0) is 26.1. The molecular formula is C32H27O4P. The van der Waals surface area contributed by atoms with E-state index in [1.807, 2.05) is 91.0 Å². The molecule has 0 aliphatic heterocycles. The third kappa shape index (κ3) is 5.43. The average molecular weight is 507 g/mol. The summed E-state index contributed by atoms with van der Waals surface area (Å²) in [5, 5.41) is 2.67. The van der Waals surface area contributed by atoms with Crippen molar-refractivity contribution in [2.75, 3.05) is 13.7 Å². The molecule has 0 unspecified atom stereocenters. The Morgan fingerprint density at radius 3 is 1.57 bits per heavy atom. The van der Waals surface area contributed by atoms with Gasteiger partial charge in [0, 0.05) is 5.56 Å². The molecule has 0 aromatic heterocycles. The molecule has 0 amide bonds. The van der Waals surface area contributed by atoms with Gasteiger partial charge in [-0.15, -0.1) is 0 Å². The number of hydrogen-bond donors (Lipinski definition) is 0. The van der Waals surface area contributed by atoms with Crippen LogP contribution >= 0.6 is 6.89 Å². The average Bonchev–Trinajstić information content (AvgIpc) is 2.96. The van der Waals surface area contributed by atoms with Crippen LogP contribution in [0.5, 0.6) is 5.75 Å². The Bertz CT molecular complexity index is 1380. The second kappa shape index (κ2) is 12.1. The fraction of sp³-hybridized carbons (Fsp3) is 0.0938. The Morgan fingerprint density at radius 1 is 0.703 bits per heavy atom. The Balaban J connectivity index is 2.10. The Hall–Kier alpha value is -4.32. The smallest absolute Gasteiger partial charge is 0.343 e. The first kappa shape index (κ1) is 25.8. The van der Waals surface area contributed by atoms with Gasteiger partial charge in [-0.25, -0.2) is 4.79 Å². The molecule has 0 saturated carbocycles. The topological polar surface area (TPSA) is 52.6 Å². The van der Waals surface area contributed by atoms with Crippen LogP contribution in [0, 0.1) is 11.8 Å². The van der Waals surface area contributed by atoms with Crippen LogP contribution < -0.4 is 20.7 Å². The van der Waals surface area contributed by atoms with Crippen LogP contribution in [0.3, 0.4) is 0 Å². The number of benzene rings is 4. The van der Waals surface area contributed by atoms with Gasteiger partial charge in [0.1, 0.15) is 11.0 Å². The Morgan fingerprint density at radius 2 is 1.16 bits per heavy atom. The normalized spacial score (nSPS) is 10.5. The maximum Gasteiger partial charge on any atom is 0.343 e. The molecule has 0 N–H and O–H groups in total. The first-order valence-corrected chi connectivity index (χ1v) is 13.7. The number of ether oxygens (including phenoxy) is 2. The molecular weight excluding hydrogens is 479 g/mol. The highest BCUT2D eigenvalue weighted by molar-refractivity contribution is 7.97. The van der Waals surface area contributed by atoms with Crippen LogP contribution in [0.15, 0.2) is 115 Å². The highest BCUT2D eigenvalue weighted by Gasteiger charge is 2.37. The summed E-state index contributed by atoms with van der Waals surface area (Å²) < 4.78 is 10.7. The lowest BCUT2D eigenvalue weighted by atomic mass is 10.2. The fourth-order valence-corrected chi connectivity index (χ4v) is 8.46. The summed E-state index contributed by atoms with van der Waals surface area (Å²) in [6, 6.07) is 36.2. The van der Waals surface area contributed by atoms with Crippen molar-refractivity contribution in [1.29, 1.82) is 0 Å². The quantitative estimate of drug-likeness (QED) is 0.162. The predicted octanol–water partition coefficient (Wildman–Crippen LogP) is 4.35. The zero-order valence-corrected chi connectivity index (χ0v) is 21.7. The molecule has 0 atom stereocenters. The maximum atomic E-state index is 14.0. The maximum absolute atomic E-state index is 14.0. The molecule has 0 bridgehead atoms. The van der Waals surface area contributed by atoms with Gasteiger partial charge in [0.15, 0.2) is 0 Å². The molecule has 37 heavy (non-hydrogen) atoms. The molecule has 4 aromatic carbocycles. The fourth-order valence-electron chi connectivity index (χ4n) is 4.23. The van der Waals surface area contributed by atoms with Crippen LogP contribution in [-0.4, -0.2) is 30.8 Å². The van der Waals surface area contributed by atoms with Gasteiger partial charge >= 0.3 is 5.97 Å². The molecule has 0 fully saturated rings. The van der Waals surface area contributed by atoms with E-state index in [-0.39, 0.29) is 11.9 Å². The van der Waals surface area contributed by atoms with E-state index >= 15 is 0 Å². The Labute approximate surface area is 217 Å². The number of hydrogen-bond acceptors (Lipinski definition) is 4. The number of ketones is 1. The van der Waals surface area contributed by atoms with Crippen LogP contribution in [0.25, 0.3) is 0 Å². The van der Waals surface area contributed by atoms with Crippen molar-refractivity contribution in [2.24, 2.45) is 0 Å². The molecule has 0 aliphatic rings. The number of Topliss-reactive ketones (excluding diaryl/α,β-unsaturated/α-hetero) is 1. The second-order valence-electron chi connectivity index (χ2n) is 8.05.